The van der Waals surface area contributed by atoms with Gasteiger partial charge in [0.1, 0.15) is 0 Å². The molecule has 0 radical (unpaired) electrons. The topological polar surface area (TPSA) is 0 Å². The molecular weight excluding hydrogens is 256 g/mol. The normalized spacial score (nSPS) is 15.6. The van der Waals surface area contributed by atoms with Crippen LogP contribution in [-0.2, 0) is 0 Å². The minimum atomic E-state index is 0.868. The lowest BCUT2D eigenvalue weighted by Crippen LogP contribution is -1.89. The molecular formula is C16H30S2. The molecule has 0 aromatic heterocycles. The summed E-state index contributed by atoms with van der Waals surface area (Å²) < 4.78 is 0. The Morgan fingerprint density at radius 3 is 1.50 bits per heavy atom. The van der Waals surface area contributed by atoms with Gasteiger partial charge in [-0.1, -0.05) is 74.3 Å². The van der Waals surface area contributed by atoms with E-state index in [-0.39, 0.29) is 0 Å². The molecule has 0 saturated heterocycles. The molecule has 2 atom stereocenters. The Bertz CT molecular complexity index is 197. The zero-order chi connectivity index (χ0) is 13.6. The highest BCUT2D eigenvalue weighted by Crippen LogP contribution is 2.24. The highest BCUT2D eigenvalue weighted by molar-refractivity contribution is 8.78. The third kappa shape index (κ3) is 12.6. The Labute approximate surface area is 122 Å². The van der Waals surface area contributed by atoms with E-state index < -0.39 is 0 Å². The lowest BCUT2D eigenvalue weighted by Gasteiger charge is -2.04. The van der Waals surface area contributed by atoms with Crippen molar-refractivity contribution in [2.45, 2.75) is 66.2 Å². The molecule has 2 unspecified atom stereocenters. The molecule has 0 spiro atoms. The maximum atomic E-state index is 2.33. The molecule has 0 fully saturated rings. The van der Waals surface area contributed by atoms with Crippen LogP contribution in [0, 0.1) is 11.8 Å². The van der Waals surface area contributed by atoms with Crippen molar-refractivity contribution in [2.75, 3.05) is 0 Å². The van der Waals surface area contributed by atoms with Gasteiger partial charge in [0.05, 0.1) is 0 Å². The van der Waals surface area contributed by atoms with E-state index in [2.05, 4.69) is 50.7 Å². The van der Waals surface area contributed by atoms with Crippen molar-refractivity contribution in [3.8, 4) is 0 Å². The van der Waals surface area contributed by atoms with Gasteiger partial charge >= 0.3 is 0 Å². The summed E-state index contributed by atoms with van der Waals surface area (Å²) in [6.07, 6.45) is 12.3. The van der Waals surface area contributed by atoms with Crippen LogP contribution in [0.5, 0.6) is 0 Å². The summed E-state index contributed by atoms with van der Waals surface area (Å²) in [5.74, 6) is 1.74. The summed E-state index contributed by atoms with van der Waals surface area (Å²) in [6.45, 7) is 9.19. The summed E-state index contributed by atoms with van der Waals surface area (Å²) in [7, 11) is 3.65. The number of allylic oxidation sites excluding steroid dienone is 2. The van der Waals surface area contributed by atoms with Gasteiger partial charge in [-0.2, -0.15) is 0 Å². The predicted octanol–water partition coefficient (Wildman–Crippen LogP) is 7.05. The number of hydrogen-bond donors (Lipinski definition) is 0. The zero-order valence-corrected chi connectivity index (χ0v) is 14.2. The van der Waals surface area contributed by atoms with Gasteiger partial charge in [0.15, 0.2) is 0 Å². The molecule has 0 aromatic carbocycles. The minimum Gasteiger partial charge on any atom is -0.0773 e. The Hall–Kier alpha value is 0.180. The lowest BCUT2D eigenvalue weighted by atomic mass is 10.0. The van der Waals surface area contributed by atoms with Crippen LogP contribution in [0.4, 0.5) is 0 Å². The van der Waals surface area contributed by atoms with Crippen LogP contribution in [0.1, 0.15) is 66.2 Å². The molecule has 106 valence electrons. The van der Waals surface area contributed by atoms with Crippen LogP contribution < -0.4 is 0 Å². The van der Waals surface area contributed by atoms with E-state index in [0.29, 0.717) is 0 Å². The average Bonchev–Trinajstić information content (AvgIpc) is 2.40. The van der Waals surface area contributed by atoms with Crippen molar-refractivity contribution in [2.24, 2.45) is 11.8 Å². The maximum Gasteiger partial charge on any atom is -0.0218 e. The molecule has 18 heavy (non-hydrogen) atoms. The van der Waals surface area contributed by atoms with E-state index in [1.54, 1.807) is 0 Å². The van der Waals surface area contributed by atoms with Crippen molar-refractivity contribution in [1.29, 1.82) is 0 Å². The summed E-state index contributed by atoms with van der Waals surface area (Å²) in [6, 6.07) is 0. The second kappa shape index (κ2) is 13.6. The minimum absolute atomic E-state index is 0.868. The largest absolute Gasteiger partial charge is 0.0773 e. The number of hydrogen-bond acceptors (Lipinski definition) is 2. The van der Waals surface area contributed by atoms with Gasteiger partial charge in [-0.3, -0.25) is 0 Å². The fourth-order valence-electron chi connectivity index (χ4n) is 1.45. The van der Waals surface area contributed by atoms with Gasteiger partial charge in [-0.15, -0.1) is 0 Å². The first-order valence-electron chi connectivity index (χ1n) is 7.32. The quantitative estimate of drug-likeness (QED) is 0.295. The Morgan fingerprint density at radius 1 is 0.778 bits per heavy atom. The van der Waals surface area contributed by atoms with Crippen molar-refractivity contribution in [3.05, 3.63) is 23.0 Å². The van der Waals surface area contributed by atoms with Gasteiger partial charge in [0.25, 0.3) is 0 Å². The van der Waals surface area contributed by atoms with E-state index in [4.69, 9.17) is 0 Å². The smallest absolute Gasteiger partial charge is 0.0218 e. The zero-order valence-electron chi connectivity index (χ0n) is 12.5. The van der Waals surface area contributed by atoms with Crippen molar-refractivity contribution < 1.29 is 0 Å². The van der Waals surface area contributed by atoms with E-state index in [0.717, 1.165) is 11.8 Å². The first kappa shape index (κ1) is 18.2. The summed E-state index contributed by atoms with van der Waals surface area (Å²) in [5.41, 5.74) is 0. The molecule has 0 aromatic rings. The van der Waals surface area contributed by atoms with Crippen LogP contribution in [-0.4, -0.2) is 0 Å². The van der Waals surface area contributed by atoms with Crippen LogP contribution in [0.25, 0.3) is 0 Å². The van der Waals surface area contributed by atoms with Crippen LogP contribution in [0.15, 0.2) is 23.0 Å². The Balaban J connectivity index is 3.33. The number of rotatable bonds is 11. The fraction of sp³-hybridized carbons (Fsp3) is 0.750. The Kier molecular flexibility index (Phi) is 13.7. The van der Waals surface area contributed by atoms with E-state index in [1.165, 1.54) is 38.5 Å². The molecule has 2 heteroatoms. The molecule has 0 aliphatic heterocycles. The summed E-state index contributed by atoms with van der Waals surface area (Å²) >= 11 is 0. The van der Waals surface area contributed by atoms with Crippen LogP contribution >= 0.6 is 21.6 Å². The van der Waals surface area contributed by atoms with Crippen molar-refractivity contribution in [1.82, 2.24) is 0 Å². The van der Waals surface area contributed by atoms with Gasteiger partial charge in [-0.25, -0.2) is 0 Å². The Morgan fingerprint density at radius 2 is 1.17 bits per heavy atom. The molecule has 0 aliphatic carbocycles. The standard InChI is InChI=1S/C16H30S2/c1-5-15(3)11-7-9-13-17-18-14-10-8-12-16(4)6-2/h9-10,13-16H,5-8,11-12H2,1-4H3. The second-order valence-corrected chi connectivity index (χ2v) is 7.20. The highest BCUT2D eigenvalue weighted by Gasteiger charge is 1.95. The van der Waals surface area contributed by atoms with Crippen molar-refractivity contribution in [3.63, 3.8) is 0 Å². The van der Waals surface area contributed by atoms with Gasteiger partial charge in [0, 0.05) is 0 Å². The first-order chi connectivity index (χ1) is 8.70. The monoisotopic (exact) mass is 286 g/mol. The van der Waals surface area contributed by atoms with Gasteiger partial charge in [-0.05, 0) is 48.3 Å². The third-order valence-corrected chi connectivity index (χ3v) is 5.12. The lowest BCUT2D eigenvalue weighted by molar-refractivity contribution is 0.522. The van der Waals surface area contributed by atoms with E-state index in [1.807, 2.05) is 21.6 Å². The predicted molar refractivity (Wildman–Crippen MR) is 90.8 cm³/mol. The van der Waals surface area contributed by atoms with Gasteiger partial charge in [0.2, 0.25) is 0 Å². The average molecular weight is 287 g/mol. The second-order valence-electron chi connectivity index (χ2n) is 5.12. The highest BCUT2D eigenvalue weighted by atomic mass is 33.1. The summed E-state index contributed by atoms with van der Waals surface area (Å²) in [4.78, 5) is 0. The fourth-order valence-corrected chi connectivity index (χ4v) is 2.86. The van der Waals surface area contributed by atoms with Crippen LogP contribution in [0.3, 0.4) is 0 Å². The summed E-state index contributed by atoms with van der Waals surface area (Å²) in [5, 5.41) is 4.46. The maximum absolute atomic E-state index is 2.33. The molecule has 0 N–H and O–H groups in total. The molecule has 0 bridgehead atoms. The molecule has 0 rings (SSSR count). The van der Waals surface area contributed by atoms with Crippen LogP contribution in [0.2, 0.25) is 0 Å². The van der Waals surface area contributed by atoms with Gasteiger partial charge < -0.3 is 0 Å². The van der Waals surface area contributed by atoms with Crippen molar-refractivity contribution >= 4 is 21.6 Å². The SMILES string of the molecule is CCC(C)CCC=CSSC=CCCC(C)CC. The molecule has 0 amide bonds. The molecule has 0 saturated carbocycles. The molecule has 0 aliphatic rings. The molecule has 0 heterocycles. The van der Waals surface area contributed by atoms with E-state index >= 15 is 0 Å². The molecule has 0 nitrogen and oxygen atoms in total. The van der Waals surface area contributed by atoms with E-state index in [9.17, 15) is 0 Å². The third-order valence-electron chi connectivity index (χ3n) is 3.41. The first-order valence-corrected chi connectivity index (χ1v) is 9.60.